The van der Waals surface area contributed by atoms with Crippen LogP contribution < -0.4 is 14.8 Å². The maximum Gasteiger partial charge on any atom is 0.354 e. The minimum Gasteiger partial charge on any atom is -0.464 e. The number of thioether (sulfide) groups is 1. The first-order valence-electron chi connectivity index (χ1n) is 5.38. The Morgan fingerprint density at radius 3 is 3.11 bits per heavy atom. The zero-order chi connectivity index (χ0) is 12.5. The third kappa shape index (κ3) is 1.88. The van der Waals surface area contributed by atoms with Crippen molar-refractivity contribution in [3.8, 4) is 11.5 Å². The highest BCUT2D eigenvalue weighted by Crippen LogP contribution is 2.39. The molecule has 18 heavy (non-hydrogen) atoms. The topological polar surface area (TPSA) is 56.8 Å². The number of hydrogen-bond donors (Lipinski definition) is 1. The Balaban J connectivity index is 1.76. The smallest absolute Gasteiger partial charge is 0.354 e. The number of carbonyl (C=O) groups excluding carboxylic acids is 1. The summed E-state index contributed by atoms with van der Waals surface area (Å²) in [6.07, 6.45) is 0. The highest BCUT2D eigenvalue weighted by atomic mass is 32.2. The SMILES string of the molecule is COC(=O)C1=CS[C@H](c2ccc3c(c2)OCO3)N1. The van der Waals surface area contributed by atoms with Crippen molar-refractivity contribution in [3.05, 3.63) is 34.9 Å². The molecule has 2 heterocycles. The van der Waals surface area contributed by atoms with Crippen LogP contribution >= 0.6 is 11.8 Å². The van der Waals surface area contributed by atoms with Gasteiger partial charge in [-0.2, -0.15) is 0 Å². The molecule has 0 bridgehead atoms. The number of ether oxygens (including phenoxy) is 3. The molecule has 1 aromatic rings. The molecule has 6 heteroatoms. The fourth-order valence-corrected chi connectivity index (χ4v) is 2.74. The fourth-order valence-electron chi connectivity index (χ4n) is 1.80. The van der Waals surface area contributed by atoms with E-state index in [9.17, 15) is 4.79 Å². The van der Waals surface area contributed by atoms with Crippen LogP contribution in [0.1, 0.15) is 10.9 Å². The van der Waals surface area contributed by atoms with E-state index in [1.54, 1.807) is 5.41 Å². The number of nitrogens with one attached hydrogen (secondary N) is 1. The van der Waals surface area contributed by atoms with Gasteiger partial charge in [0.1, 0.15) is 11.1 Å². The number of benzene rings is 1. The predicted molar refractivity (Wildman–Crippen MR) is 66.1 cm³/mol. The Labute approximate surface area is 108 Å². The molecule has 5 nitrogen and oxygen atoms in total. The average Bonchev–Trinajstić information content (AvgIpc) is 3.05. The van der Waals surface area contributed by atoms with Crippen molar-refractivity contribution in [2.75, 3.05) is 13.9 Å². The Morgan fingerprint density at radius 1 is 1.44 bits per heavy atom. The standard InChI is InChI=1S/C12H11NO4S/c1-15-12(14)8-5-18-11(13-8)7-2-3-9-10(4-7)17-6-16-9/h2-5,11,13H,6H2,1H3/t11-/m1/s1. The van der Waals surface area contributed by atoms with Crippen LogP contribution in [0.2, 0.25) is 0 Å². The molecule has 0 fully saturated rings. The summed E-state index contributed by atoms with van der Waals surface area (Å²) in [6.45, 7) is 0.260. The number of fused-ring (bicyclic) bond motifs is 1. The van der Waals surface area contributed by atoms with Crippen LogP contribution in [-0.4, -0.2) is 19.9 Å². The molecule has 0 radical (unpaired) electrons. The van der Waals surface area contributed by atoms with Gasteiger partial charge in [-0.25, -0.2) is 4.79 Å². The minimum absolute atomic E-state index is 0.00593. The molecule has 0 aliphatic carbocycles. The van der Waals surface area contributed by atoms with Gasteiger partial charge in [0.15, 0.2) is 11.5 Å². The van der Waals surface area contributed by atoms with Gasteiger partial charge >= 0.3 is 5.97 Å². The molecule has 0 saturated heterocycles. The number of hydrogen-bond acceptors (Lipinski definition) is 6. The molecule has 0 spiro atoms. The first kappa shape index (κ1) is 11.3. The van der Waals surface area contributed by atoms with Gasteiger partial charge in [-0.05, 0) is 17.7 Å². The maximum atomic E-state index is 11.4. The molecule has 1 atom stereocenters. The van der Waals surface area contributed by atoms with Gasteiger partial charge in [-0.3, -0.25) is 0 Å². The van der Waals surface area contributed by atoms with Gasteiger partial charge < -0.3 is 19.5 Å². The fraction of sp³-hybridized carbons (Fsp3) is 0.250. The van der Waals surface area contributed by atoms with E-state index >= 15 is 0 Å². The zero-order valence-electron chi connectivity index (χ0n) is 9.64. The van der Waals surface area contributed by atoms with Crippen molar-refractivity contribution in [1.29, 1.82) is 0 Å². The van der Waals surface area contributed by atoms with Crippen LogP contribution in [0.25, 0.3) is 0 Å². The summed E-state index contributed by atoms with van der Waals surface area (Å²) in [7, 11) is 1.36. The molecule has 0 amide bonds. The largest absolute Gasteiger partial charge is 0.464 e. The van der Waals surface area contributed by atoms with Crippen LogP contribution in [0.15, 0.2) is 29.3 Å². The monoisotopic (exact) mass is 265 g/mol. The zero-order valence-corrected chi connectivity index (χ0v) is 10.5. The van der Waals surface area contributed by atoms with E-state index in [1.807, 2.05) is 18.2 Å². The van der Waals surface area contributed by atoms with Gasteiger partial charge in [0, 0.05) is 5.41 Å². The lowest BCUT2D eigenvalue weighted by Crippen LogP contribution is -2.20. The normalized spacial score (nSPS) is 20.3. The molecule has 0 saturated carbocycles. The molecule has 2 aliphatic rings. The van der Waals surface area contributed by atoms with E-state index in [4.69, 9.17) is 9.47 Å². The molecule has 94 valence electrons. The Bertz CT molecular complexity index is 529. The number of rotatable bonds is 2. The number of esters is 1. The van der Waals surface area contributed by atoms with Gasteiger partial charge in [-0.1, -0.05) is 6.07 Å². The third-order valence-corrected chi connectivity index (χ3v) is 3.75. The summed E-state index contributed by atoms with van der Waals surface area (Å²) < 4.78 is 15.2. The van der Waals surface area contributed by atoms with E-state index in [2.05, 4.69) is 10.1 Å². The Morgan fingerprint density at radius 2 is 2.28 bits per heavy atom. The molecule has 1 N–H and O–H groups in total. The molecular formula is C12H11NO4S. The average molecular weight is 265 g/mol. The molecule has 2 aliphatic heterocycles. The first-order chi connectivity index (χ1) is 8.78. The highest BCUT2D eigenvalue weighted by molar-refractivity contribution is 8.02. The predicted octanol–water partition coefficient (Wildman–Crippen LogP) is 1.76. The molecule has 0 aromatic heterocycles. The van der Waals surface area contributed by atoms with Crippen molar-refractivity contribution in [1.82, 2.24) is 5.32 Å². The second-order valence-corrected chi connectivity index (χ2v) is 4.78. The molecule has 3 rings (SSSR count). The van der Waals surface area contributed by atoms with Crippen molar-refractivity contribution in [2.24, 2.45) is 0 Å². The summed E-state index contributed by atoms with van der Waals surface area (Å²) in [5, 5.41) is 4.86. The van der Waals surface area contributed by atoms with Crippen LogP contribution in [-0.2, 0) is 9.53 Å². The summed E-state index contributed by atoms with van der Waals surface area (Å²) in [4.78, 5) is 11.4. The van der Waals surface area contributed by atoms with Crippen molar-refractivity contribution in [3.63, 3.8) is 0 Å². The van der Waals surface area contributed by atoms with Crippen LogP contribution in [0.5, 0.6) is 11.5 Å². The Kier molecular flexibility index (Phi) is 2.79. The number of carbonyl (C=O) groups is 1. The quantitative estimate of drug-likeness (QED) is 0.822. The van der Waals surface area contributed by atoms with E-state index in [0.29, 0.717) is 5.70 Å². The second kappa shape index (κ2) is 4.45. The van der Waals surface area contributed by atoms with Gasteiger partial charge in [0.2, 0.25) is 6.79 Å². The van der Waals surface area contributed by atoms with Crippen molar-refractivity contribution < 1.29 is 19.0 Å². The van der Waals surface area contributed by atoms with Crippen LogP contribution in [0.3, 0.4) is 0 Å². The second-order valence-electron chi connectivity index (χ2n) is 3.80. The third-order valence-electron chi connectivity index (χ3n) is 2.71. The van der Waals surface area contributed by atoms with Crippen LogP contribution in [0.4, 0.5) is 0 Å². The molecular weight excluding hydrogens is 254 g/mol. The van der Waals surface area contributed by atoms with Gasteiger partial charge in [0.25, 0.3) is 0 Å². The van der Waals surface area contributed by atoms with Gasteiger partial charge in [-0.15, -0.1) is 11.8 Å². The lowest BCUT2D eigenvalue weighted by atomic mass is 10.2. The van der Waals surface area contributed by atoms with E-state index in [-0.39, 0.29) is 18.1 Å². The minimum atomic E-state index is -0.356. The summed E-state index contributed by atoms with van der Waals surface area (Å²) in [5.41, 5.74) is 1.50. The Hall–Kier alpha value is -1.82. The lowest BCUT2D eigenvalue weighted by Gasteiger charge is -2.12. The highest BCUT2D eigenvalue weighted by Gasteiger charge is 2.25. The van der Waals surface area contributed by atoms with Crippen LogP contribution in [0, 0.1) is 0 Å². The molecule has 0 unspecified atom stereocenters. The maximum absolute atomic E-state index is 11.4. The van der Waals surface area contributed by atoms with E-state index in [1.165, 1.54) is 18.9 Å². The van der Waals surface area contributed by atoms with E-state index < -0.39 is 0 Å². The molecule has 1 aromatic carbocycles. The summed E-state index contributed by atoms with van der Waals surface area (Å²) in [6, 6.07) is 5.74. The first-order valence-corrected chi connectivity index (χ1v) is 6.32. The summed E-state index contributed by atoms with van der Waals surface area (Å²) >= 11 is 1.52. The summed E-state index contributed by atoms with van der Waals surface area (Å²) in [5.74, 6) is 1.13. The van der Waals surface area contributed by atoms with Crippen molar-refractivity contribution in [2.45, 2.75) is 5.37 Å². The lowest BCUT2D eigenvalue weighted by molar-refractivity contribution is -0.136. The van der Waals surface area contributed by atoms with Gasteiger partial charge in [0.05, 0.1) is 7.11 Å². The number of methoxy groups -OCH3 is 1. The van der Waals surface area contributed by atoms with E-state index in [0.717, 1.165) is 17.1 Å². The van der Waals surface area contributed by atoms with Crippen molar-refractivity contribution >= 4 is 17.7 Å².